The van der Waals surface area contributed by atoms with Gasteiger partial charge in [-0.05, 0) is 18.1 Å². The van der Waals surface area contributed by atoms with Gasteiger partial charge in [-0.25, -0.2) is 9.97 Å². The second-order valence-electron chi connectivity index (χ2n) is 4.19. The summed E-state index contributed by atoms with van der Waals surface area (Å²) >= 11 is 0. The van der Waals surface area contributed by atoms with Crippen molar-refractivity contribution in [3.8, 4) is 0 Å². The quantitative estimate of drug-likeness (QED) is 0.747. The number of benzene rings is 1. The van der Waals surface area contributed by atoms with E-state index < -0.39 is 6.29 Å². The largest absolute Gasteiger partial charge is 0.350 e. The summed E-state index contributed by atoms with van der Waals surface area (Å²) in [7, 11) is 3.19. The zero-order valence-electron chi connectivity index (χ0n) is 11.2. The molecule has 0 unspecified atom stereocenters. The van der Waals surface area contributed by atoms with E-state index in [1.54, 1.807) is 20.4 Å². The van der Waals surface area contributed by atoms with Gasteiger partial charge in [0.1, 0.15) is 5.82 Å². The molecule has 0 aliphatic carbocycles. The minimum absolute atomic E-state index is 0.432. The zero-order chi connectivity index (χ0) is 13.5. The van der Waals surface area contributed by atoms with Gasteiger partial charge in [0.15, 0.2) is 0 Å². The summed E-state index contributed by atoms with van der Waals surface area (Å²) in [4.78, 5) is 8.75. The number of nitrogens with zero attached hydrogens (tertiary/aromatic N) is 2. The molecule has 1 aromatic carbocycles. The molecule has 0 saturated carbocycles. The lowest BCUT2D eigenvalue weighted by Gasteiger charge is -2.13. The van der Waals surface area contributed by atoms with Gasteiger partial charge in [0, 0.05) is 26.8 Å². The molecule has 2 aromatic rings. The molecule has 100 valence electrons. The fourth-order valence-corrected chi connectivity index (χ4v) is 1.91. The van der Waals surface area contributed by atoms with E-state index in [-0.39, 0.29) is 0 Å². The minimum Gasteiger partial charge on any atom is -0.350 e. The molecule has 0 amide bonds. The summed E-state index contributed by atoms with van der Waals surface area (Å²) in [5.74, 6) is 0.806. The highest BCUT2D eigenvalue weighted by molar-refractivity contribution is 5.15. The Labute approximate surface area is 113 Å². The van der Waals surface area contributed by atoms with Gasteiger partial charge >= 0.3 is 0 Å². The average molecular weight is 258 g/mol. The van der Waals surface area contributed by atoms with Crippen LogP contribution in [0.3, 0.4) is 0 Å². The van der Waals surface area contributed by atoms with Gasteiger partial charge in [-0.1, -0.05) is 30.3 Å². The predicted molar refractivity (Wildman–Crippen MR) is 72.6 cm³/mol. The summed E-state index contributed by atoms with van der Waals surface area (Å²) in [6.07, 6.45) is 3.04. The predicted octanol–water partition coefficient (Wildman–Crippen LogP) is 2.55. The second-order valence-corrected chi connectivity index (χ2v) is 4.19. The van der Waals surface area contributed by atoms with Gasteiger partial charge in [0.25, 0.3) is 0 Å². The molecular weight excluding hydrogens is 240 g/mol. The molecule has 4 nitrogen and oxygen atoms in total. The van der Waals surface area contributed by atoms with Crippen molar-refractivity contribution < 1.29 is 9.47 Å². The number of rotatable bonds is 6. The van der Waals surface area contributed by atoms with Crippen molar-refractivity contribution in [1.29, 1.82) is 0 Å². The minimum atomic E-state index is -0.432. The molecule has 0 spiro atoms. The van der Waals surface area contributed by atoms with E-state index in [2.05, 4.69) is 22.1 Å². The molecule has 0 radical (unpaired) electrons. The van der Waals surface area contributed by atoms with E-state index in [9.17, 15) is 0 Å². The smallest absolute Gasteiger partial charge is 0.200 e. The fraction of sp³-hybridized carbons (Fsp3) is 0.333. The van der Waals surface area contributed by atoms with Crippen LogP contribution in [-0.2, 0) is 22.3 Å². The molecule has 0 atom stereocenters. The first-order valence-corrected chi connectivity index (χ1v) is 6.25. The normalized spacial score (nSPS) is 10.9. The number of ether oxygens (including phenoxy) is 2. The van der Waals surface area contributed by atoms with Gasteiger partial charge in [-0.15, -0.1) is 0 Å². The summed E-state index contributed by atoms with van der Waals surface area (Å²) < 4.78 is 10.4. The van der Waals surface area contributed by atoms with Crippen molar-refractivity contribution in [3.63, 3.8) is 0 Å². The lowest BCUT2D eigenvalue weighted by molar-refractivity contribution is -0.108. The van der Waals surface area contributed by atoms with E-state index in [0.717, 1.165) is 24.4 Å². The maximum atomic E-state index is 5.19. The Bertz CT molecular complexity index is 499. The zero-order valence-corrected chi connectivity index (χ0v) is 11.2. The first-order chi connectivity index (χ1) is 9.33. The van der Waals surface area contributed by atoms with Crippen molar-refractivity contribution >= 4 is 0 Å². The molecule has 0 N–H and O–H groups in total. The molecular formula is C15H18N2O2. The molecule has 1 heterocycles. The third kappa shape index (κ3) is 3.84. The highest BCUT2D eigenvalue weighted by Gasteiger charge is 2.11. The van der Waals surface area contributed by atoms with Gasteiger partial charge < -0.3 is 9.47 Å². The van der Waals surface area contributed by atoms with Crippen LogP contribution in [0.2, 0.25) is 0 Å². The van der Waals surface area contributed by atoms with Crippen LogP contribution in [0, 0.1) is 0 Å². The Morgan fingerprint density at radius 2 is 1.74 bits per heavy atom. The van der Waals surface area contributed by atoms with Crippen LogP contribution >= 0.6 is 0 Å². The Morgan fingerprint density at radius 3 is 2.42 bits per heavy atom. The second kappa shape index (κ2) is 6.97. The number of methoxy groups -OCH3 is 2. The van der Waals surface area contributed by atoms with Crippen LogP contribution in [0.5, 0.6) is 0 Å². The van der Waals surface area contributed by atoms with Gasteiger partial charge in [-0.2, -0.15) is 0 Å². The number of hydrogen-bond donors (Lipinski definition) is 0. The van der Waals surface area contributed by atoms with Crippen LogP contribution < -0.4 is 0 Å². The van der Waals surface area contributed by atoms with Crippen molar-refractivity contribution in [3.05, 3.63) is 59.7 Å². The molecule has 0 aliphatic heterocycles. The van der Waals surface area contributed by atoms with Crippen LogP contribution in [0.15, 0.2) is 42.6 Å². The molecule has 0 fully saturated rings. The van der Waals surface area contributed by atoms with Crippen LogP contribution in [0.4, 0.5) is 0 Å². The van der Waals surface area contributed by atoms with E-state index in [0.29, 0.717) is 0 Å². The highest BCUT2D eigenvalue weighted by Crippen LogP contribution is 2.14. The standard InChI is InChI=1S/C15H18N2O2/c1-18-15(19-2)13-10-11-16-14(17-13)9-8-12-6-4-3-5-7-12/h3-7,10-11,15H,8-9H2,1-2H3. The van der Waals surface area contributed by atoms with Gasteiger partial charge in [-0.3, -0.25) is 0 Å². The summed E-state index contributed by atoms with van der Waals surface area (Å²) in [5.41, 5.74) is 2.04. The SMILES string of the molecule is COC(OC)c1ccnc(CCc2ccccc2)n1. The average Bonchev–Trinajstić information content (AvgIpc) is 2.48. The Kier molecular flexibility index (Phi) is 5.01. The maximum Gasteiger partial charge on any atom is 0.200 e. The lowest BCUT2D eigenvalue weighted by atomic mass is 10.1. The van der Waals surface area contributed by atoms with Crippen LogP contribution in [0.1, 0.15) is 23.4 Å². The lowest BCUT2D eigenvalue weighted by Crippen LogP contribution is -2.09. The molecule has 1 aromatic heterocycles. The third-order valence-corrected chi connectivity index (χ3v) is 2.88. The van der Waals surface area contributed by atoms with Crippen molar-refractivity contribution in [2.75, 3.05) is 14.2 Å². The molecule has 19 heavy (non-hydrogen) atoms. The summed E-state index contributed by atoms with van der Waals surface area (Å²) in [6, 6.07) is 12.1. The number of hydrogen-bond acceptors (Lipinski definition) is 4. The van der Waals surface area contributed by atoms with Crippen molar-refractivity contribution in [1.82, 2.24) is 9.97 Å². The van der Waals surface area contributed by atoms with Gasteiger partial charge in [0.2, 0.25) is 6.29 Å². The van der Waals surface area contributed by atoms with Crippen LogP contribution in [-0.4, -0.2) is 24.2 Å². The maximum absolute atomic E-state index is 5.19. The first kappa shape index (κ1) is 13.6. The molecule has 4 heteroatoms. The Hall–Kier alpha value is -1.78. The van der Waals surface area contributed by atoms with E-state index in [4.69, 9.17) is 9.47 Å². The van der Waals surface area contributed by atoms with E-state index in [1.807, 2.05) is 24.3 Å². The van der Waals surface area contributed by atoms with Crippen molar-refractivity contribution in [2.45, 2.75) is 19.1 Å². The Balaban J connectivity index is 2.03. The van der Waals surface area contributed by atoms with Gasteiger partial charge in [0.05, 0.1) is 5.69 Å². The monoisotopic (exact) mass is 258 g/mol. The molecule has 0 saturated heterocycles. The summed E-state index contributed by atoms with van der Waals surface area (Å²) in [6.45, 7) is 0. The third-order valence-electron chi connectivity index (χ3n) is 2.88. The van der Waals surface area contributed by atoms with E-state index in [1.165, 1.54) is 5.56 Å². The topological polar surface area (TPSA) is 44.2 Å². The highest BCUT2D eigenvalue weighted by atomic mass is 16.7. The fourth-order valence-electron chi connectivity index (χ4n) is 1.91. The molecule has 0 bridgehead atoms. The van der Waals surface area contributed by atoms with Crippen molar-refractivity contribution in [2.24, 2.45) is 0 Å². The van der Waals surface area contributed by atoms with Crippen LogP contribution in [0.25, 0.3) is 0 Å². The Morgan fingerprint density at radius 1 is 1.00 bits per heavy atom. The first-order valence-electron chi connectivity index (χ1n) is 6.25. The number of aryl methyl sites for hydroxylation is 2. The molecule has 2 rings (SSSR count). The van der Waals surface area contributed by atoms with E-state index >= 15 is 0 Å². The molecule has 0 aliphatic rings. The summed E-state index contributed by atoms with van der Waals surface area (Å²) in [5, 5.41) is 0. The number of aromatic nitrogens is 2.